The van der Waals surface area contributed by atoms with Gasteiger partial charge in [0.1, 0.15) is 5.82 Å². The topological polar surface area (TPSA) is 64.4 Å². The van der Waals surface area contributed by atoms with Crippen molar-refractivity contribution in [3.8, 4) is 0 Å². The van der Waals surface area contributed by atoms with Gasteiger partial charge in [-0.25, -0.2) is 18.6 Å². The largest absolute Gasteiger partial charge is 0.352 e. The van der Waals surface area contributed by atoms with Crippen molar-refractivity contribution in [3.63, 3.8) is 0 Å². The van der Waals surface area contributed by atoms with E-state index in [-0.39, 0.29) is 12.8 Å². The van der Waals surface area contributed by atoms with Gasteiger partial charge >= 0.3 is 5.97 Å². The first kappa shape index (κ1) is 20.5. The van der Waals surface area contributed by atoms with Crippen molar-refractivity contribution in [1.29, 1.82) is 0 Å². The van der Waals surface area contributed by atoms with Crippen molar-refractivity contribution in [3.05, 3.63) is 54.1 Å². The van der Waals surface area contributed by atoms with Gasteiger partial charge in [-0.15, -0.1) is 0 Å². The van der Waals surface area contributed by atoms with Gasteiger partial charge < -0.3 is 9.45 Å². The van der Waals surface area contributed by atoms with E-state index in [1.165, 1.54) is 0 Å². The maximum absolute atomic E-state index is 14.2. The van der Waals surface area contributed by atoms with E-state index in [0.29, 0.717) is 37.8 Å². The molecule has 0 bridgehead atoms. The van der Waals surface area contributed by atoms with Crippen LogP contribution in [0.2, 0.25) is 0 Å². The van der Waals surface area contributed by atoms with E-state index < -0.39 is 23.2 Å². The summed E-state index contributed by atoms with van der Waals surface area (Å²) >= 11 is 0. The first-order chi connectivity index (χ1) is 13.4. The normalized spacial score (nSPS) is 21.1. The number of carbonyl (C=O) groups excluding carboxylic acids is 1. The van der Waals surface area contributed by atoms with E-state index in [9.17, 15) is 18.8 Å². The van der Waals surface area contributed by atoms with Gasteiger partial charge in [0.05, 0.1) is 5.41 Å². The van der Waals surface area contributed by atoms with E-state index >= 15 is 0 Å². The molecular weight excluding hydrogens is 366 g/mol. The van der Waals surface area contributed by atoms with Crippen LogP contribution in [0.5, 0.6) is 0 Å². The predicted molar refractivity (Wildman–Crippen MR) is 99.9 cm³/mol. The van der Waals surface area contributed by atoms with Gasteiger partial charge in [0.25, 0.3) is 0 Å². The highest BCUT2D eigenvalue weighted by Gasteiger charge is 2.53. The number of benzene rings is 1. The van der Waals surface area contributed by atoms with Crippen LogP contribution < -0.4 is 0 Å². The monoisotopic (exact) mass is 392 g/mol. The first-order valence-corrected chi connectivity index (χ1v) is 9.66. The molecule has 1 aliphatic carbocycles. The Balaban J connectivity index is 1.95. The minimum atomic E-state index is -2.82. The molecule has 0 amide bonds. The van der Waals surface area contributed by atoms with E-state index in [2.05, 4.69) is 9.87 Å². The molecule has 1 aromatic heterocycles. The van der Waals surface area contributed by atoms with Gasteiger partial charge in [0.2, 0.25) is 5.92 Å². The summed E-state index contributed by atoms with van der Waals surface area (Å²) in [7, 11) is 0. The lowest BCUT2D eigenvalue weighted by Gasteiger charge is -2.42. The van der Waals surface area contributed by atoms with Crippen LogP contribution in [0.3, 0.4) is 0 Å². The third-order valence-corrected chi connectivity index (χ3v) is 5.97. The van der Waals surface area contributed by atoms with Crippen LogP contribution in [0, 0.1) is 12.8 Å². The quantitative estimate of drug-likeness (QED) is 0.545. The standard InChI is InChI=1S/C21H26F2N2O3/c1-16-24-12-14-25(16)13-6-11-21(19(26)28-27,17-7-3-2-4-8-17)18-9-5-10-20(22,23)15-18/h2-4,7-8,12,14,18,27H,5-6,9-11,13,15H2,1H3/t18-,21+/m1/s1. The van der Waals surface area contributed by atoms with Gasteiger partial charge in [-0.3, -0.25) is 0 Å². The van der Waals surface area contributed by atoms with Gasteiger partial charge in [-0.1, -0.05) is 30.3 Å². The van der Waals surface area contributed by atoms with E-state index in [4.69, 9.17) is 0 Å². The SMILES string of the molecule is Cc1nccn1CCC[C@](C(=O)OO)(c1ccccc1)[C@@H]1CCCC(F)(F)C1. The molecule has 1 aliphatic rings. The maximum atomic E-state index is 14.2. The summed E-state index contributed by atoms with van der Waals surface area (Å²) in [5.41, 5.74) is -0.701. The lowest BCUT2D eigenvalue weighted by atomic mass is 9.62. The summed E-state index contributed by atoms with van der Waals surface area (Å²) in [4.78, 5) is 21.2. The summed E-state index contributed by atoms with van der Waals surface area (Å²) in [5.74, 6) is -3.44. The molecule has 3 rings (SSSR count). The van der Waals surface area contributed by atoms with Crippen LogP contribution in [-0.2, 0) is 21.6 Å². The Morgan fingerprint density at radius 1 is 1.39 bits per heavy atom. The Kier molecular flexibility index (Phi) is 6.13. The van der Waals surface area contributed by atoms with E-state index in [0.717, 1.165) is 5.82 Å². The minimum Gasteiger partial charge on any atom is -0.335 e. The zero-order valence-corrected chi connectivity index (χ0v) is 16.0. The molecule has 1 N–H and O–H groups in total. The number of halogens is 2. The lowest BCUT2D eigenvalue weighted by Crippen LogP contribution is -2.48. The second-order valence-electron chi connectivity index (χ2n) is 7.64. The number of hydrogen-bond donors (Lipinski definition) is 1. The molecule has 0 radical (unpaired) electrons. The summed E-state index contributed by atoms with van der Waals surface area (Å²) in [6.07, 6.45) is 4.67. The second kappa shape index (κ2) is 8.39. The Hall–Kier alpha value is -2.28. The predicted octanol–water partition coefficient (Wildman–Crippen LogP) is 4.75. The molecule has 7 heteroatoms. The molecule has 152 valence electrons. The third kappa shape index (κ3) is 4.09. The van der Waals surface area contributed by atoms with Crippen molar-refractivity contribution >= 4 is 5.97 Å². The molecule has 2 atom stereocenters. The molecule has 1 aromatic carbocycles. The average molecular weight is 392 g/mol. The summed E-state index contributed by atoms with van der Waals surface area (Å²) in [6.45, 7) is 2.48. The lowest BCUT2D eigenvalue weighted by molar-refractivity contribution is -0.245. The Bertz CT molecular complexity index is 794. The zero-order valence-electron chi connectivity index (χ0n) is 16.0. The molecule has 1 heterocycles. The van der Waals surface area contributed by atoms with Gasteiger partial charge in [-0.2, -0.15) is 5.26 Å². The van der Waals surface area contributed by atoms with Crippen molar-refractivity contribution < 1.29 is 23.7 Å². The summed E-state index contributed by atoms with van der Waals surface area (Å²) in [5, 5.41) is 9.27. The highest BCUT2D eigenvalue weighted by Crippen LogP contribution is 2.49. The number of imidazole rings is 1. The number of rotatable bonds is 7. The summed E-state index contributed by atoms with van der Waals surface area (Å²) < 4.78 is 30.4. The van der Waals surface area contributed by atoms with Crippen molar-refractivity contribution in [2.24, 2.45) is 5.92 Å². The van der Waals surface area contributed by atoms with Crippen molar-refractivity contribution in [1.82, 2.24) is 9.55 Å². The highest BCUT2D eigenvalue weighted by atomic mass is 19.3. The fourth-order valence-corrected chi connectivity index (χ4v) is 4.55. The summed E-state index contributed by atoms with van der Waals surface area (Å²) in [6, 6.07) is 8.87. The first-order valence-electron chi connectivity index (χ1n) is 9.66. The van der Waals surface area contributed by atoms with Crippen molar-refractivity contribution in [2.75, 3.05) is 0 Å². The van der Waals surface area contributed by atoms with E-state index in [1.807, 2.05) is 23.8 Å². The number of aromatic nitrogens is 2. The van der Waals surface area contributed by atoms with Crippen LogP contribution in [0.1, 0.15) is 49.9 Å². The highest BCUT2D eigenvalue weighted by molar-refractivity contribution is 5.83. The Morgan fingerprint density at radius 2 is 2.14 bits per heavy atom. The number of hydrogen-bond acceptors (Lipinski definition) is 4. The maximum Gasteiger partial charge on any atom is 0.352 e. The zero-order chi connectivity index (χ0) is 20.2. The average Bonchev–Trinajstić information content (AvgIpc) is 3.09. The molecule has 2 aromatic rings. The molecule has 0 spiro atoms. The van der Waals surface area contributed by atoms with Gasteiger partial charge in [0, 0.05) is 31.8 Å². The third-order valence-electron chi connectivity index (χ3n) is 5.97. The van der Waals surface area contributed by atoms with Crippen LogP contribution in [0.25, 0.3) is 0 Å². The van der Waals surface area contributed by atoms with Crippen LogP contribution >= 0.6 is 0 Å². The van der Waals surface area contributed by atoms with Gasteiger partial charge in [0.15, 0.2) is 0 Å². The van der Waals surface area contributed by atoms with Crippen molar-refractivity contribution in [2.45, 2.75) is 63.3 Å². The molecule has 0 aliphatic heterocycles. The van der Waals surface area contributed by atoms with Crippen LogP contribution in [0.15, 0.2) is 42.7 Å². The van der Waals surface area contributed by atoms with Crippen LogP contribution in [0.4, 0.5) is 8.78 Å². The van der Waals surface area contributed by atoms with Gasteiger partial charge in [-0.05, 0) is 44.1 Å². The smallest absolute Gasteiger partial charge is 0.335 e. The van der Waals surface area contributed by atoms with E-state index in [1.54, 1.807) is 30.5 Å². The molecule has 1 fully saturated rings. The fraction of sp³-hybridized carbons (Fsp3) is 0.524. The minimum absolute atomic E-state index is 0.170. The molecule has 0 saturated heterocycles. The number of carbonyl (C=O) groups is 1. The number of alkyl halides is 2. The fourth-order valence-electron chi connectivity index (χ4n) is 4.55. The Morgan fingerprint density at radius 3 is 2.75 bits per heavy atom. The Labute approximate surface area is 163 Å². The van der Waals surface area contributed by atoms with Crippen LogP contribution in [-0.4, -0.2) is 26.7 Å². The number of nitrogens with zero attached hydrogens (tertiary/aromatic N) is 2. The molecule has 5 nitrogen and oxygen atoms in total. The molecule has 0 unspecified atom stereocenters. The molecule has 28 heavy (non-hydrogen) atoms. The molecular formula is C21H26F2N2O3. The number of aryl methyl sites for hydroxylation is 2. The molecule has 1 saturated carbocycles. The second-order valence-corrected chi connectivity index (χ2v) is 7.64.